The van der Waals surface area contributed by atoms with Crippen molar-refractivity contribution < 1.29 is 0 Å². The Labute approximate surface area is 106 Å². The normalized spacial score (nSPS) is 34.9. The summed E-state index contributed by atoms with van der Waals surface area (Å²) in [5.41, 5.74) is 0.540. The zero-order chi connectivity index (χ0) is 11.6. The minimum Gasteiger partial charge on any atom is -0.311 e. The maximum atomic E-state index is 3.88. The van der Waals surface area contributed by atoms with Gasteiger partial charge in [-0.2, -0.15) is 0 Å². The van der Waals surface area contributed by atoms with E-state index in [2.05, 4.69) is 10.2 Å². The summed E-state index contributed by atoms with van der Waals surface area (Å²) in [4.78, 5) is 2.81. The molecule has 0 amide bonds. The minimum atomic E-state index is 0.540. The molecule has 2 heteroatoms. The monoisotopic (exact) mass is 236 g/mol. The molecule has 1 aliphatic carbocycles. The molecule has 2 heterocycles. The summed E-state index contributed by atoms with van der Waals surface area (Å²) in [5, 5.41) is 3.88. The van der Waals surface area contributed by atoms with E-state index < -0.39 is 0 Å². The number of likely N-dealkylation sites (tertiary alicyclic amines) is 1. The predicted molar refractivity (Wildman–Crippen MR) is 72.3 cm³/mol. The molecule has 98 valence electrons. The van der Waals surface area contributed by atoms with E-state index in [1.54, 1.807) is 0 Å². The van der Waals surface area contributed by atoms with Crippen LogP contribution in [0.1, 0.15) is 64.2 Å². The summed E-state index contributed by atoms with van der Waals surface area (Å²) in [6.07, 6.45) is 14.4. The average molecular weight is 236 g/mol. The van der Waals surface area contributed by atoms with Gasteiger partial charge in [0.2, 0.25) is 0 Å². The summed E-state index contributed by atoms with van der Waals surface area (Å²) in [5.74, 6) is 0. The van der Waals surface area contributed by atoms with Crippen molar-refractivity contribution >= 4 is 0 Å². The lowest BCUT2D eigenvalue weighted by Gasteiger charge is -2.48. The van der Waals surface area contributed by atoms with Crippen LogP contribution in [0.2, 0.25) is 0 Å². The molecule has 17 heavy (non-hydrogen) atoms. The first-order chi connectivity index (χ1) is 8.38. The molecular weight excluding hydrogens is 208 g/mol. The van der Waals surface area contributed by atoms with Crippen molar-refractivity contribution in [2.75, 3.05) is 19.6 Å². The third-order valence-corrected chi connectivity index (χ3v) is 5.32. The number of hydrogen-bond acceptors (Lipinski definition) is 2. The molecule has 1 unspecified atom stereocenters. The van der Waals surface area contributed by atoms with Gasteiger partial charge in [-0.25, -0.2) is 0 Å². The second-order valence-corrected chi connectivity index (χ2v) is 6.51. The van der Waals surface area contributed by atoms with Crippen molar-refractivity contribution in [1.82, 2.24) is 10.2 Å². The van der Waals surface area contributed by atoms with Gasteiger partial charge in [0.05, 0.1) is 0 Å². The van der Waals surface area contributed by atoms with Crippen LogP contribution in [0.25, 0.3) is 0 Å². The fourth-order valence-electron chi connectivity index (χ4n) is 4.33. The van der Waals surface area contributed by atoms with Gasteiger partial charge < -0.3 is 10.2 Å². The molecule has 2 saturated heterocycles. The Morgan fingerprint density at radius 1 is 0.882 bits per heavy atom. The van der Waals surface area contributed by atoms with Crippen LogP contribution in [0, 0.1) is 0 Å². The van der Waals surface area contributed by atoms with Crippen LogP contribution in [-0.2, 0) is 0 Å². The van der Waals surface area contributed by atoms with E-state index in [0.717, 1.165) is 6.04 Å². The lowest BCUT2D eigenvalue weighted by molar-refractivity contribution is 0.0712. The third-order valence-electron chi connectivity index (χ3n) is 5.32. The van der Waals surface area contributed by atoms with Crippen LogP contribution in [0.3, 0.4) is 0 Å². The second kappa shape index (κ2) is 5.27. The van der Waals surface area contributed by atoms with Crippen molar-refractivity contribution in [2.24, 2.45) is 0 Å². The van der Waals surface area contributed by atoms with Gasteiger partial charge in [-0.05, 0) is 58.2 Å². The fraction of sp³-hybridized carbons (Fsp3) is 1.00. The topological polar surface area (TPSA) is 15.3 Å². The van der Waals surface area contributed by atoms with Crippen molar-refractivity contribution in [2.45, 2.75) is 75.8 Å². The minimum absolute atomic E-state index is 0.540. The van der Waals surface area contributed by atoms with Crippen LogP contribution < -0.4 is 5.32 Å². The first-order valence-corrected chi connectivity index (χ1v) is 7.87. The fourth-order valence-corrected chi connectivity index (χ4v) is 4.33. The number of nitrogens with one attached hydrogen (secondary N) is 1. The molecule has 0 aromatic heterocycles. The molecule has 2 nitrogen and oxygen atoms in total. The molecule has 1 saturated carbocycles. The van der Waals surface area contributed by atoms with Gasteiger partial charge in [0.15, 0.2) is 0 Å². The number of hydrogen-bond donors (Lipinski definition) is 1. The third kappa shape index (κ3) is 2.68. The van der Waals surface area contributed by atoms with E-state index in [4.69, 9.17) is 0 Å². The highest BCUT2D eigenvalue weighted by Crippen LogP contribution is 2.36. The lowest BCUT2D eigenvalue weighted by Crippen LogP contribution is -2.57. The molecule has 2 aliphatic heterocycles. The predicted octanol–water partition coefficient (Wildman–Crippen LogP) is 2.93. The summed E-state index contributed by atoms with van der Waals surface area (Å²) in [6, 6.07) is 0.898. The highest BCUT2D eigenvalue weighted by molar-refractivity contribution is 4.98. The van der Waals surface area contributed by atoms with E-state index in [0.29, 0.717) is 5.54 Å². The van der Waals surface area contributed by atoms with E-state index in [1.807, 2.05) is 0 Å². The summed E-state index contributed by atoms with van der Waals surface area (Å²) in [7, 11) is 0. The van der Waals surface area contributed by atoms with Gasteiger partial charge in [0, 0.05) is 11.6 Å². The van der Waals surface area contributed by atoms with Gasteiger partial charge in [-0.1, -0.05) is 25.7 Å². The van der Waals surface area contributed by atoms with E-state index in [9.17, 15) is 0 Å². The van der Waals surface area contributed by atoms with Gasteiger partial charge >= 0.3 is 0 Å². The van der Waals surface area contributed by atoms with Crippen LogP contribution in [0.15, 0.2) is 0 Å². The summed E-state index contributed by atoms with van der Waals surface area (Å²) < 4.78 is 0. The molecular formula is C15H28N2. The number of piperidine rings is 2. The van der Waals surface area contributed by atoms with Gasteiger partial charge in [-0.3, -0.25) is 0 Å². The molecule has 0 aromatic carbocycles. The van der Waals surface area contributed by atoms with Crippen LogP contribution in [0.5, 0.6) is 0 Å². The van der Waals surface area contributed by atoms with Crippen LogP contribution in [0.4, 0.5) is 0 Å². The summed E-state index contributed by atoms with van der Waals surface area (Å²) >= 11 is 0. The van der Waals surface area contributed by atoms with Crippen molar-refractivity contribution in [3.05, 3.63) is 0 Å². The first-order valence-electron chi connectivity index (χ1n) is 7.87. The Hall–Kier alpha value is -0.0800. The van der Waals surface area contributed by atoms with Gasteiger partial charge in [0.1, 0.15) is 0 Å². The van der Waals surface area contributed by atoms with Crippen molar-refractivity contribution in [1.29, 1.82) is 0 Å². The average Bonchev–Trinajstić information content (AvgIpc) is 2.41. The van der Waals surface area contributed by atoms with Crippen LogP contribution in [-0.4, -0.2) is 36.1 Å². The molecule has 0 aromatic rings. The lowest BCUT2D eigenvalue weighted by atomic mass is 9.74. The smallest absolute Gasteiger partial charge is 0.0196 e. The highest BCUT2D eigenvalue weighted by Gasteiger charge is 2.38. The molecule has 0 radical (unpaired) electrons. The standard InChI is InChI=1S/C15H28N2/c1-3-8-15(9-4-1)13-14(7-10-16-15)17-11-5-2-6-12-17/h14,16H,1-13H2. The van der Waals surface area contributed by atoms with E-state index >= 15 is 0 Å². The zero-order valence-electron chi connectivity index (χ0n) is 11.2. The van der Waals surface area contributed by atoms with Gasteiger partial charge in [0.25, 0.3) is 0 Å². The number of nitrogens with zero attached hydrogens (tertiary/aromatic N) is 1. The number of rotatable bonds is 1. The Kier molecular flexibility index (Phi) is 3.72. The van der Waals surface area contributed by atoms with Crippen molar-refractivity contribution in [3.63, 3.8) is 0 Å². The molecule has 1 atom stereocenters. The van der Waals surface area contributed by atoms with Gasteiger partial charge in [-0.15, -0.1) is 0 Å². The van der Waals surface area contributed by atoms with Crippen LogP contribution >= 0.6 is 0 Å². The Morgan fingerprint density at radius 2 is 1.59 bits per heavy atom. The molecule has 3 rings (SSSR count). The first kappa shape index (κ1) is 12.0. The quantitative estimate of drug-likeness (QED) is 0.753. The molecule has 3 fully saturated rings. The molecule has 1 N–H and O–H groups in total. The Bertz CT molecular complexity index is 234. The zero-order valence-corrected chi connectivity index (χ0v) is 11.2. The Balaban J connectivity index is 1.61. The second-order valence-electron chi connectivity index (χ2n) is 6.51. The summed E-state index contributed by atoms with van der Waals surface area (Å²) in [6.45, 7) is 4.02. The maximum absolute atomic E-state index is 3.88. The molecule has 3 aliphatic rings. The van der Waals surface area contributed by atoms with E-state index in [-0.39, 0.29) is 0 Å². The highest BCUT2D eigenvalue weighted by atomic mass is 15.2. The van der Waals surface area contributed by atoms with E-state index in [1.165, 1.54) is 83.8 Å². The molecule has 1 spiro atoms. The maximum Gasteiger partial charge on any atom is 0.0196 e. The van der Waals surface area contributed by atoms with Crippen molar-refractivity contribution in [3.8, 4) is 0 Å². The largest absolute Gasteiger partial charge is 0.311 e. The SMILES string of the molecule is C1CCN(C2CCNC3(CCCCC3)C2)CC1. The molecule has 0 bridgehead atoms. The Morgan fingerprint density at radius 3 is 2.35 bits per heavy atom.